The van der Waals surface area contributed by atoms with Gasteiger partial charge in [-0.1, -0.05) is 79.9 Å². The molecule has 0 unspecified atom stereocenters. The molecule has 1 saturated heterocycles. The Kier molecular flexibility index (Phi) is 7.92. The molecule has 0 atom stereocenters. The molecule has 1 saturated carbocycles. The topological polar surface area (TPSA) is 26.8 Å². The van der Waals surface area contributed by atoms with Gasteiger partial charge in [0.1, 0.15) is 0 Å². The van der Waals surface area contributed by atoms with Gasteiger partial charge in [-0.2, -0.15) is 0 Å². The largest absolute Gasteiger partial charge is 0.308 e. The van der Waals surface area contributed by atoms with E-state index in [9.17, 15) is 4.79 Å². The maximum absolute atomic E-state index is 13.4. The summed E-state index contributed by atoms with van der Waals surface area (Å²) in [5, 5.41) is 0. The number of benzene rings is 2. The maximum atomic E-state index is 13.4. The van der Waals surface area contributed by atoms with Gasteiger partial charge in [0.2, 0.25) is 5.91 Å². The van der Waals surface area contributed by atoms with Gasteiger partial charge in [-0.25, -0.2) is 0 Å². The van der Waals surface area contributed by atoms with E-state index in [0.29, 0.717) is 12.6 Å². The van der Waals surface area contributed by atoms with Gasteiger partial charge in [0.25, 0.3) is 0 Å². The minimum atomic E-state index is 0.260. The van der Waals surface area contributed by atoms with E-state index in [1.807, 2.05) is 24.3 Å². The summed E-state index contributed by atoms with van der Waals surface area (Å²) in [7, 11) is 0. The van der Waals surface area contributed by atoms with Crippen LogP contribution in [0.5, 0.6) is 0 Å². The SMILES string of the molecule is O=C(CN1CCN(C/C=C/c2ccccc2)CC1)N(c1ccccc1)C1CCCCC1. The van der Waals surface area contributed by atoms with Crippen LogP contribution in [0.15, 0.2) is 66.7 Å². The number of hydrogen-bond acceptors (Lipinski definition) is 3. The molecule has 0 spiro atoms. The molecule has 2 aliphatic rings. The molecule has 1 aliphatic heterocycles. The number of amides is 1. The fraction of sp³-hybridized carbons (Fsp3) is 0.444. The molecule has 2 aromatic carbocycles. The van der Waals surface area contributed by atoms with Crippen LogP contribution in [0, 0.1) is 0 Å². The summed E-state index contributed by atoms with van der Waals surface area (Å²) in [5.41, 5.74) is 2.31. The second-order valence-corrected chi connectivity index (χ2v) is 8.78. The van der Waals surface area contributed by atoms with Crippen molar-refractivity contribution in [2.75, 3.05) is 44.2 Å². The molecule has 2 fully saturated rings. The van der Waals surface area contributed by atoms with Crippen LogP contribution in [-0.4, -0.2) is 61.0 Å². The van der Waals surface area contributed by atoms with E-state index in [-0.39, 0.29) is 5.91 Å². The molecule has 1 amide bonds. The summed E-state index contributed by atoms with van der Waals surface area (Å²) in [6, 6.07) is 21.1. The lowest BCUT2D eigenvalue weighted by atomic mass is 9.93. The predicted octanol–water partition coefficient (Wildman–Crippen LogP) is 4.68. The van der Waals surface area contributed by atoms with Gasteiger partial charge in [0, 0.05) is 44.5 Å². The van der Waals surface area contributed by atoms with Crippen molar-refractivity contribution >= 4 is 17.7 Å². The third kappa shape index (κ3) is 6.28. The Morgan fingerprint density at radius 1 is 0.839 bits per heavy atom. The number of anilines is 1. The standard InChI is InChI=1S/C27H35N3O/c31-27(30(25-14-6-2-7-15-25)26-16-8-3-9-17-26)23-29-21-19-28(20-22-29)18-10-13-24-11-4-1-5-12-24/h1-2,4-7,10-15,26H,3,8-9,16-23H2/b13-10+. The monoisotopic (exact) mass is 417 g/mol. The van der Waals surface area contributed by atoms with E-state index in [1.54, 1.807) is 0 Å². The van der Waals surface area contributed by atoms with E-state index in [2.05, 4.69) is 63.2 Å². The Balaban J connectivity index is 1.29. The average molecular weight is 418 g/mol. The Bertz CT molecular complexity index is 822. The molecule has 1 heterocycles. The fourth-order valence-electron chi connectivity index (χ4n) is 4.79. The van der Waals surface area contributed by atoms with Crippen LogP contribution in [-0.2, 0) is 4.79 Å². The van der Waals surface area contributed by atoms with Crippen molar-refractivity contribution in [3.05, 3.63) is 72.3 Å². The smallest absolute Gasteiger partial charge is 0.241 e. The third-order valence-corrected chi connectivity index (χ3v) is 6.54. The normalized spacial score (nSPS) is 19.0. The summed E-state index contributed by atoms with van der Waals surface area (Å²) < 4.78 is 0. The van der Waals surface area contributed by atoms with Crippen LogP contribution in [0.1, 0.15) is 37.7 Å². The van der Waals surface area contributed by atoms with Crippen molar-refractivity contribution < 1.29 is 4.79 Å². The average Bonchev–Trinajstić information content (AvgIpc) is 2.82. The zero-order valence-electron chi connectivity index (χ0n) is 18.5. The highest BCUT2D eigenvalue weighted by molar-refractivity contribution is 5.95. The summed E-state index contributed by atoms with van der Waals surface area (Å²) in [6.07, 6.45) is 10.5. The Hall–Kier alpha value is -2.43. The van der Waals surface area contributed by atoms with E-state index in [0.717, 1.165) is 51.3 Å². The van der Waals surface area contributed by atoms with Gasteiger partial charge in [-0.05, 0) is 30.5 Å². The van der Waals surface area contributed by atoms with Gasteiger partial charge in [-0.3, -0.25) is 14.6 Å². The van der Waals surface area contributed by atoms with E-state index in [4.69, 9.17) is 0 Å². The number of carbonyl (C=O) groups is 1. The highest BCUT2D eigenvalue weighted by Crippen LogP contribution is 2.27. The van der Waals surface area contributed by atoms with Crippen LogP contribution in [0.4, 0.5) is 5.69 Å². The van der Waals surface area contributed by atoms with Crippen molar-refractivity contribution in [2.45, 2.75) is 38.1 Å². The van der Waals surface area contributed by atoms with Crippen molar-refractivity contribution in [3.63, 3.8) is 0 Å². The van der Waals surface area contributed by atoms with Gasteiger partial charge in [0.05, 0.1) is 6.54 Å². The van der Waals surface area contributed by atoms with Crippen LogP contribution >= 0.6 is 0 Å². The molecule has 0 bridgehead atoms. The number of nitrogens with zero attached hydrogens (tertiary/aromatic N) is 3. The number of piperazine rings is 1. The molecule has 31 heavy (non-hydrogen) atoms. The first-order valence-electron chi connectivity index (χ1n) is 11.8. The van der Waals surface area contributed by atoms with Crippen molar-refractivity contribution in [2.24, 2.45) is 0 Å². The Morgan fingerprint density at radius 3 is 2.13 bits per heavy atom. The van der Waals surface area contributed by atoms with Gasteiger partial charge >= 0.3 is 0 Å². The minimum absolute atomic E-state index is 0.260. The highest BCUT2D eigenvalue weighted by Gasteiger charge is 2.28. The summed E-state index contributed by atoms with van der Waals surface area (Å²) in [5.74, 6) is 0.260. The second-order valence-electron chi connectivity index (χ2n) is 8.78. The molecule has 0 aromatic heterocycles. The van der Waals surface area contributed by atoms with E-state index < -0.39 is 0 Å². The maximum Gasteiger partial charge on any atom is 0.241 e. The molecule has 4 rings (SSSR count). The van der Waals surface area contributed by atoms with Crippen molar-refractivity contribution in [3.8, 4) is 0 Å². The molecule has 2 aromatic rings. The zero-order chi connectivity index (χ0) is 21.3. The lowest BCUT2D eigenvalue weighted by Crippen LogP contribution is -2.52. The quantitative estimate of drug-likeness (QED) is 0.654. The molecule has 4 heteroatoms. The van der Waals surface area contributed by atoms with Crippen LogP contribution in [0.25, 0.3) is 6.08 Å². The van der Waals surface area contributed by atoms with Gasteiger partial charge < -0.3 is 4.90 Å². The molecule has 1 aliphatic carbocycles. The summed E-state index contributed by atoms with van der Waals surface area (Å²) in [4.78, 5) is 20.3. The first-order chi connectivity index (χ1) is 15.3. The molecule has 0 N–H and O–H groups in total. The highest BCUT2D eigenvalue weighted by atomic mass is 16.2. The van der Waals surface area contributed by atoms with E-state index in [1.165, 1.54) is 24.8 Å². The first-order valence-corrected chi connectivity index (χ1v) is 11.8. The van der Waals surface area contributed by atoms with Crippen LogP contribution in [0.2, 0.25) is 0 Å². The predicted molar refractivity (Wildman–Crippen MR) is 129 cm³/mol. The van der Waals surface area contributed by atoms with Gasteiger partial charge in [-0.15, -0.1) is 0 Å². The van der Waals surface area contributed by atoms with Crippen LogP contribution in [0.3, 0.4) is 0 Å². The Labute approximate surface area is 187 Å². The Morgan fingerprint density at radius 2 is 1.45 bits per heavy atom. The van der Waals surface area contributed by atoms with Gasteiger partial charge in [0.15, 0.2) is 0 Å². The molecular weight excluding hydrogens is 382 g/mol. The number of carbonyl (C=O) groups excluding carboxylic acids is 1. The molecule has 0 radical (unpaired) electrons. The summed E-state index contributed by atoms with van der Waals surface area (Å²) >= 11 is 0. The molecule has 4 nitrogen and oxygen atoms in total. The fourth-order valence-corrected chi connectivity index (χ4v) is 4.79. The van der Waals surface area contributed by atoms with Crippen molar-refractivity contribution in [1.82, 2.24) is 9.80 Å². The minimum Gasteiger partial charge on any atom is -0.308 e. The van der Waals surface area contributed by atoms with Crippen LogP contribution < -0.4 is 4.90 Å². The van der Waals surface area contributed by atoms with E-state index >= 15 is 0 Å². The molecule has 164 valence electrons. The number of rotatable bonds is 7. The first kappa shape index (κ1) is 21.8. The lowest BCUT2D eigenvalue weighted by molar-refractivity contribution is -0.120. The number of para-hydroxylation sites is 1. The second kappa shape index (κ2) is 11.3. The zero-order valence-corrected chi connectivity index (χ0v) is 18.5. The number of hydrogen-bond donors (Lipinski definition) is 0. The summed E-state index contributed by atoms with van der Waals surface area (Å²) in [6.45, 7) is 5.44. The van der Waals surface area contributed by atoms with Crippen molar-refractivity contribution in [1.29, 1.82) is 0 Å². The lowest BCUT2D eigenvalue weighted by Gasteiger charge is -2.38. The molecular formula is C27H35N3O. The third-order valence-electron chi connectivity index (χ3n) is 6.54.